The molecule has 2 aromatic rings. The van der Waals surface area contributed by atoms with Crippen molar-refractivity contribution >= 4 is 10.0 Å². The Hall–Kier alpha value is -1.73. The quantitative estimate of drug-likeness (QED) is 0.914. The molecule has 0 aromatic carbocycles. The molecule has 102 valence electrons. The fraction of sp³-hybridized carbons (Fsp3) is 0.333. The average Bonchev–Trinajstić information content (AvgIpc) is 2.76. The molecule has 7 heteroatoms. The number of sulfonamides is 1. The van der Waals surface area contributed by atoms with E-state index in [1.807, 2.05) is 19.1 Å². The van der Waals surface area contributed by atoms with Crippen molar-refractivity contribution in [3.63, 3.8) is 0 Å². The molecule has 0 fully saturated rings. The van der Waals surface area contributed by atoms with Crippen molar-refractivity contribution in [2.24, 2.45) is 0 Å². The maximum absolute atomic E-state index is 12.3. The number of aromatic amines is 1. The third-order valence-corrected chi connectivity index (χ3v) is 4.41. The lowest BCUT2D eigenvalue weighted by Crippen LogP contribution is -2.27. The Bertz CT molecular complexity index is 679. The van der Waals surface area contributed by atoms with E-state index >= 15 is 0 Å². The van der Waals surface area contributed by atoms with Crippen LogP contribution in [0.1, 0.15) is 17.2 Å². The molecule has 2 aromatic heterocycles. The van der Waals surface area contributed by atoms with Gasteiger partial charge in [0, 0.05) is 12.7 Å². The Morgan fingerprint density at radius 2 is 2.05 bits per heavy atom. The van der Waals surface area contributed by atoms with Crippen molar-refractivity contribution in [3.8, 4) is 0 Å². The zero-order valence-electron chi connectivity index (χ0n) is 11.1. The summed E-state index contributed by atoms with van der Waals surface area (Å²) >= 11 is 0. The Morgan fingerprint density at radius 3 is 2.63 bits per heavy atom. The van der Waals surface area contributed by atoms with Crippen LogP contribution in [-0.2, 0) is 16.6 Å². The molecule has 0 amide bonds. The SMILES string of the molecule is Cc1cccc(CN(C)S(=O)(=O)c2cnc(C)[nH]2)n1. The second-order valence-electron chi connectivity index (χ2n) is 4.36. The molecule has 0 aliphatic rings. The molecule has 0 saturated carbocycles. The van der Waals surface area contributed by atoms with Crippen molar-refractivity contribution in [1.82, 2.24) is 19.3 Å². The first kappa shape index (κ1) is 13.7. The molecule has 0 saturated heterocycles. The average molecular weight is 280 g/mol. The number of rotatable bonds is 4. The highest BCUT2D eigenvalue weighted by Crippen LogP contribution is 2.14. The summed E-state index contributed by atoms with van der Waals surface area (Å²) in [5, 5.41) is 0.0974. The Labute approximate surface area is 112 Å². The Balaban J connectivity index is 2.22. The monoisotopic (exact) mass is 280 g/mol. The molecule has 19 heavy (non-hydrogen) atoms. The van der Waals surface area contributed by atoms with Crippen LogP contribution in [0.25, 0.3) is 0 Å². The normalized spacial score (nSPS) is 12.0. The summed E-state index contributed by atoms with van der Waals surface area (Å²) in [6, 6.07) is 5.53. The Kier molecular flexibility index (Phi) is 3.68. The van der Waals surface area contributed by atoms with Gasteiger partial charge in [-0.3, -0.25) is 4.98 Å². The summed E-state index contributed by atoms with van der Waals surface area (Å²) in [4.78, 5) is 10.9. The van der Waals surface area contributed by atoms with Crippen LogP contribution in [0.5, 0.6) is 0 Å². The first-order valence-electron chi connectivity index (χ1n) is 5.80. The number of hydrogen-bond donors (Lipinski definition) is 1. The zero-order chi connectivity index (χ0) is 14.0. The van der Waals surface area contributed by atoms with E-state index < -0.39 is 10.0 Å². The van der Waals surface area contributed by atoms with Gasteiger partial charge in [-0.15, -0.1) is 0 Å². The van der Waals surface area contributed by atoms with Crippen LogP contribution >= 0.6 is 0 Å². The van der Waals surface area contributed by atoms with E-state index in [1.54, 1.807) is 13.0 Å². The standard InChI is InChI=1S/C12H16N4O2S/c1-9-5-4-6-11(14-9)8-16(3)19(17,18)12-7-13-10(2)15-12/h4-7H,8H2,1-3H3,(H,13,15). The summed E-state index contributed by atoms with van der Waals surface area (Å²) in [6.07, 6.45) is 1.32. The number of hydrogen-bond acceptors (Lipinski definition) is 4. The van der Waals surface area contributed by atoms with E-state index in [2.05, 4.69) is 15.0 Å². The van der Waals surface area contributed by atoms with Gasteiger partial charge in [-0.2, -0.15) is 4.31 Å². The highest BCUT2D eigenvalue weighted by molar-refractivity contribution is 7.89. The molecule has 0 aliphatic carbocycles. The van der Waals surface area contributed by atoms with Crippen LogP contribution in [0.4, 0.5) is 0 Å². The minimum absolute atomic E-state index is 0.0974. The van der Waals surface area contributed by atoms with Gasteiger partial charge < -0.3 is 4.98 Å². The number of nitrogens with zero attached hydrogens (tertiary/aromatic N) is 3. The maximum Gasteiger partial charge on any atom is 0.260 e. The number of aromatic nitrogens is 3. The van der Waals surface area contributed by atoms with Gasteiger partial charge in [0.1, 0.15) is 5.82 Å². The van der Waals surface area contributed by atoms with E-state index in [-0.39, 0.29) is 11.6 Å². The summed E-state index contributed by atoms with van der Waals surface area (Å²) in [5.74, 6) is 0.570. The summed E-state index contributed by atoms with van der Waals surface area (Å²) in [6.45, 7) is 3.81. The van der Waals surface area contributed by atoms with Crippen molar-refractivity contribution < 1.29 is 8.42 Å². The predicted molar refractivity (Wildman–Crippen MR) is 71.0 cm³/mol. The third kappa shape index (κ3) is 2.99. The van der Waals surface area contributed by atoms with Crippen LogP contribution in [-0.4, -0.2) is 34.7 Å². The molecular formula is C12H16N4O2S. The number of imidazole rings is 1. The fourth-order valence-corrected chi connectivity index (χ4v) is 2.80. The van der Waals surface area contributed by atoms with Crippen molar-refractivity contribution in [1.29, 1.82) is 0 Å². The summed E-state index contributed by atoms with van der Waals surface area (Å²) in [5.41, 5.74) is 1.57. The topological polar surface area (TPSA) is 79.0 Å². The van der Waals surface area contributed by atoms with Crippen LogP contribution in [0.2, 0.25) is 0 Å². The fourth-order valence-electron chi connectivity index (χ4n) is 1.70. The molecule has 6 nitrogen and oxygen atoms in total. The predicted octanol–water partition coefficient (Wildman–Crippen LogP) is 1.24. The van der Waals surface area contributed by atoms with Crippen LogP contribution in [0.3, 0.4) is 0 Å². The molecule has 0 bridgehead atoms. The third-order valence-electron chi connectivity index (χ3n) is 2.70. The van der Waals surface area contributed by atoms with E-state index in [4.69, 9.17) is 0 Å². The number of pyridine rings is 1. The van der Waals surface area contributed by atoms with E-state index in [0.29, 0.717) is 11.5 Å². The van der Waals surface area contributed by atoms with Crippen molar-refractivity contribution in [3.05, 3.63) is 41.6 Å². The highest BCUT2D eigenvalue weighted by Gasteiger charge is 2.23. The summed E-state index contributed by atoms with van der Waals surface area (Å²) < 4.78 is 25.8. The summed E-state index contributed by atoms with van der Waals surface area (Å²) in [7, 11) is -2.03. The van der Waals surface area contributed by atoms with Gasteiger partial charge in [-0.1, -0.05) is 6.07 Å². The first-order chi connectivity index (χ1) is 8.89. The molecular weight excluding hydrogens is 264 g/mol. The highest BCUT2D eigenvalue weighted by atomic mass is 32.2. The Morgan fingerprint density at radius 1 is 1.32 bits per heavy atom. The van der Waals surface area contributed by atoms with Crippen LogP contribution in [0.15, 0.2) is 29.4 Å². The van der Waals surface area contributed by atoms with Gasteiger partial charge in [-0.05, 0) is 26.0 Å². The molecule has 2 rings (SSSR count). The van der Waals surface area contributed by atoms with Crippen molar-refractivity contribution in [2.75, 3.05) is 7.05 Å². The second-order valence-corrected chi connectivity index (χ2v) is 6.38. The first-order valence-corrected chi connectivity index (χ1v) is 7.24. The van der Waals surface area contributed by atoms with Crippen LogP contribution < -0.4 is 0 Å². The zero-order valence-corrected chi connectivity index (χ0v) is 11.9. The lowest BCUT2D eigenvalue weighted by atomic mass is 10.3. The number of H-pyrrole nitrogens is 1. The minimum Gasteiger partial charge on any atom is -0.332 e. The van der Waals surface area contributed by atoms with E-state index in [9.17, 15) is 8.42 Å². The van der Waals surface area contributed by atoms with Crippen LogP contribution in [0, 0.1) is 13.8 Å². The van der Waals surface area contributed by atoms with Gasteiger partial charge in [0.05, 0.1) is 18.4 Å². The smallest absolute Gasteiger partial charge is 0.260 e. The lowest BCUT2D eigenvalue weighted by Gasteiger charge is -2.15. The van der Waals surface area contributed by atoms with Gasteiger partial charge in [0.15, 0.2) is 5.03 Å². The van der Waals surface area contributed by atoms with Crippen molar-refractivity contribution in [2.45, 2.75) is 25.4 Å². The number of aryl methyl sites for hydroxylation is 2. The minimum atomic E-state index is -3.55. The molecule has 0 atom stereocenters. The molecule has 0 radical (unpaired) electrons. The largest absolute Gasteiger partial charge is 0.332 e. The van der Waals surface area contributed by atoms with Gasteiger partial charge >= 0.3 is 0 Å². The van der Waals surface area contributed by atoms with Gasteiger partial charge in [0.2, 0.25) is 0 Å². The molecule has 0 aliphatic heterocycles. The van der Waals surface area contributed by atoms with E-state index in [0.717, 1.165) is 5.69 Å². The van der Waals surface area contributed by atoms with Gasteiger partial charge in [-0.25, -0.2) is 13.4 Å². The molecule has 0 unspecified atom stereocenters. The lowest BCUT2D eigenvalue weighted by molar-refractivity contribution is 0.459. The van der Waals surface area contributed by atoms with E-state index in [1.165, 1.54) is 17.5 Å². The molecule has 0 spiro atoms. The maximum atomic E-state index is 12.3. The molecule has 1 N–H and O–H groups in total. The van der Waals surface area contributed by atoms with Gasteiger partial charge in [0.25, 0.3) is 10.0 Å². The number of nitrogens with one attached hydrogen (secondary N) is 1. The second kappa shape index (κ2) is 5.10. The molecule has 2 heterocycles.